The molecule has 0 aliphatic carbocycles. The molecule has 0 aromatic rings. The van der Waals surface area contributed by atoms with Crippen molar-refractivity contribution in [1.82, 2.24) is 0 Å². The molecule has 0 spiro atoms. The van der Waals surface area contributed by atoms with Crippen LogP contribution in [0.4, 0.5) is 0 Å². The van der Waals surface area contributed by atoms with Gasteiger partial charge in [0, 0.05) is 6.04 Å². The van der Waals surface area contributed by atoms with Crippen LogP contribution >= 0.6 is 0 Å². The molecular weight excluding hydrogens is 122 g/mol. The molecule has 1 nitrogen and oxygen atoms in total. The predicted octanol–water partition coefficient (Wildman–Crippen LogP) is 2.41. The van der Waals surface area contributed by atoms with Crippen LogP contribution in [0.15, 0.2) is 0 Å². The van der Waals surface area contributed by atoms with E-state index < -0.39 is 0 Å². The van der Waals surface area contributed by atoms with Crippen molar-refractivity contribution in [2.45, 2.75) is 47.1 Å². The fourth-order valence-corrected chi connectivity index (χ4v) is 1.07. The smallest absolute Gasteiger partial charge is 0.00156 e. The van der Waals surface area contributed by atoms with E-state index in [0.717, 1.165) is 12.3 Å². The average molecular weight is 143 g/mol. The van der Waals surface area contributed by atoms with Gasteiger partial charge in [-0.05, 0) is 24.7 Å². The molecule has 0 aromatic carbocycles. The maximum atomic E-state index is 5.72. The van der Waals surface area contributed by atoms with Gasteiger partial charge >= 0.3 is 0 Å². The Labute approximate surface area is 65.0 Å². The molecule has 0 unspecified atom stereocenters. The van der Waals surface area contributed by atoms with Crippen LogP contribution in [0, 0.1) is 11.3 Å². The quantitative estimate of drug-likeness (QED) is 0.645. The number of nitrogens with two attached hydrogens (primary N) is 1. The van der Waals surface area contributed by atoms with Crippen molar-refractivity contribution < 1.29 is 0 Å². The van der Waals surface area contributed by atoms with Crippen molar-refractivity contribution in [3.05, 3.63) is 0 Å². The van der Waals surface area contributed by atoms with Crippen LogP contribution in [-0.4, -0.2) is 6.04 Å². The highest BCUT2D eigenvalue weighted by atomic mass is 14.6. The highest BCUT2D eigenvalue weighted by Gasteiger charge is 2.22. The lowest BCUT2D eigenvalue weighted by Crippen LogP contribution is -2.28. The third-order valence-corrected chi connectivity index (χ3v) is 2.41. The summed E-state index contributed by atoms with van der Waals surface area (Å²) >= 11 is 0. The molecule has 0 amide bonds. The summed E-state index contributed by atoms with van der Waals surface area (Å²) in [5.41, 5.74) is 6.11. The summed E-state index contributed by atoms with van der Waals surface area (Å²) in [5, 5.41) is 0. The van der Waals surface area contributed by atoms with Crippen LogP contribution < -0.4 is 5.73 Å². The molecule has 0 fully saturated rings. The zero-order valence-corrected chi connectivity index (χ0v) is 7.94. The first-order chi connectivity index (χ1) is 4.36. The van der Waals surface area contributed by atoms with Crippen molar-refractivity contribution in [3.8, 4) is 0 Å². The Bertz CT molecular complexity index is 92.9. The lowest BCUT2D eigenvalue weighted by molar-refractivity contribution is 0.215. The predicted molar refractivity (Wildman–Crippen MR) is 46.9 cm³/mol. The fraction of sp³-hybridized carbons (Fsp3) is 1.00. The molecule has 2 N–H and O–H groups in total. The molecule has 62 valence electrons. The van der Waals surface area contributed by atoms with Gasteiger partial charge in [-0.3, -0.25) is 0 Å². The van der Waals surface area contributed by atoms with E-state index in [0.29, 0.717) is 11.5 Å². The van der Waals surface area contributed by atoms with E-state index in [1.807, 2.05) is 0 Å². The summed E-state index contributed by atoms with van der Waals surface area (Å²) in [6.07, 6.45) is 1.12. The zero-order valence-electron chi connectivity index (χ0n) is 7.94. The van der Waals surface area contributed by atoms with Gasteiger partial charge < -0.3 is 5.73 Å². The first-order valence-electron chi connectivity index (χ1n) is 4.12. The lowest BCUT2D eigenvalue weighted by atomic mass is 9.76. The third kappa shape index (κ3) is 3.21. The molecule has 1 heteroatoms. The monoisotopic (exact) mass is 143 g/mol. The fourth-order valence-electron chi connectivity index (χ4n) is 1.07. The second-order valence-electron chi connectivity index (χ2n) is 4.32. The van der Waals surface area contributed by atoms with Crippen molar-refractivity contribution in [2.24, 2.45) is 17.1 Å². The van der Waals surface area contributed by atoms with Crippen molar-refractivity contribution >= 4 is 0 Å². The van der Waals surface area contributed by atoms with Crippen molar-refractivity contribution in [2.75, 3.05) is 0 Å². The normalized spacial score (nSPS) is 15.9. The Kier molecular flexibility index (Phi) is 3.37. The molecule has 0 rings (SSSR count). The summed E-state index contributed by atoms with van der Waals surface area (Å²) in [5.74, 6) is 0.721. The Morgan fingerprint density at radius 1 is 1.20 bits per heavy atom. The molecule has 0 saturated carbocycles. The van der Waals surface area contributed by atoms with Gasteiger partial charge in [-0.1, -0.05) is 27.7 Å². The van der Waals surface area contributed by atoms with Gasteiger partial charge in [0.2, 0.25) is 0 Å². The third-order valence-electron chi connectivity index (χ3n) is 2.41. The summed E-state index contributed by atoms with van der Waals surface area (Å²) in [6.45, 7) is 11.1. The van der Waals surface area contributed by atoms with E-state index in [2.05, 4.69) is 34.6 Å². The lowest BCUT2D eigenvalue weighted by Gasteiger charge is -2.30. The Morgan fingerprint density at radius 3 is 1.70 bits per heavy atom. The van der Waals surface area contributed by atoms with E-state index in [1.54, 1.807) is 0 Å². The minimum absolute atomic E-state index is 0.331. The Balaban J connectivity index is 3.87. The first-order valence-corrected chi connectivity index (χ1v) is 4.12. The van der Waals surface area contributed by atoms with Crippen LogP contribution in [0.25, 0.3) is 0 Å². The van der Waals surface area contributed by atoms with Crippen LogP contribution in [0.1, 0.15) is 41.0 Å². The molecule has 1 atom stereocenters. The Hall–Kier alpha value is -0.0400. The Morgan fingerprint density at radius 2 is 1.60 bits per heavy atom. The van der Waals surface area contributed by atoms with Gasteiger partial charge in [0.25, 0.3) is 0 Å². The van der Waals surface area contributed by atoms with Gasteiger partial charge in [0.1, 0.15) is 0 Å². The van der Waals surface area contributed by atoms with Crippen LogP contribution in [0.3, 0.4) is 0 Å². The number of hydrogen-bond donors (Lipinski definition) is 1. The molecule has 0 heterocycles. The summed E-state index contributed by atoms with van der Waals surface area (Å²) in [7, 11) is 0. The molecule has 0 saturated heterocycles. The van der Waals surface area contributed by atoms with Crippen LogP contribution in [-0.2, 0) is 0 Å². The molecule has 0 radical (unpaired) electrons. The van der Waals surface area contributed by atoms with Gasteiger partial charge in [-0.2, -0.15) is 0 Å². The van der Waals surface area contributed by atoms with Gasteiger partial charge in [-0.15, -0.1) is 0 Å². The molecule has 10 heavy (non-hydrogen) atoms. The number of rotatable bonds is 3. The SMILES string of the molecule is CC(C)C(C)(C)C[C@@H](C)N. The highest BCUT2D eigenvalue weighted by molar-refractivity contribution is 4.75. The second kappa shape index (κ2) is 3.38. The standard InChI is InChI=1S/C9H21N/c1-7(2)9(4,5)6-8(3)10/h7-8H,6,10H2,1-5H3/t8-/m1/s1. The summed E-state index contributed by atoms with van der Waals surface area (Å²) in [6, 6.07) is 0.331. The average Bonchev–Trinajstić information content (AvgIpc) is 1.60. The minimum Gasteiger partial charge on any atom is -0.328 e. The zero-order chi connectivity index (χ0) is 8.36. The van der Waals surface area contributed by atoms with Gasteiger partial charge in [0.15, 0.2) is 0 Å². The molecular formula is C9H21N. The first kappa shape index (κ1) is 9.96. The van der Waals surface area contributed by atoms with E-state index >= 15 is 0 Å². The summed E-state index contributed by atoms with van der Waals surface area (Å²) in [4.78, 5) is 0. The van der Waals surface area contributed by atoms with E-state index in [9.17, 15) is 0 Å². The maximum Gasteiger partial charge on any atom is 0.00156 e. The highest BCUT2D eigenvalue weighted by Crippen LogP contribution is 2.30. The molecule has 0 bridgehead atoms. The molecule has 0 aromatic heterocycles. The van der Waals surface area contributed by atoms with Crippen molar-refractivity contribution in [1.29, 1.82) is 0 Å². The van der Waals surface area contributed by atoms with E-state index in [4.69, 9.17) is 5.73 Å². The molecule has 0 aliphatic rings. The number of hydrogen-bond acceptors (Lipinski definition) is 1. The maximum absolute atomic E-state index is 5.72. The van der Waals surface area contributed by atoms with E-state index in [1.165, 1.54) is 0 Å². The molecule has 0 aliphatic heterocycles. The van der Waals surface area contributed by atoms with Gasteiger partial charge in [0.05, 0.1) is 0 Å². The largest absolute Gasteiger partial charge is 0.328 e. The van der Waals surface area contributed by atoms with Crippen LogP contribution in [0.2, 0.25) is 0 Å². The van der Waals surface area contributed by atoms with Gasteiger partial charge in [-0.25, -0.2) is 0 Å². The summed E-state index contributed by atoms with van der Waals surface area (Å²) < 4.78 is 0. The van der Waals surface area contributed by atoms with Crippen molar-refractivity contribution in [3.63, 3.8) is 0 Å². The van der Waals surface area contributed by atoms with Crippen LogP contribution in [0.5, 0.6) is 0 Å². The second-order valence-corrected chi connectivity index (χ2v) is 4.32. The van der Waals surface area contributed by atoms with E-state index in [-0.39, 0.29) is 0 Å². The minimum atomic E-state index is 0.331. The topological polar surface area (TPSA) is 26.0 Å².